The van der Waals surface area contributed by atoms with Crippen molar-refractivity contribution in [2.45, 2.75) is 181 Å². The molecule has 2 fully saturated rings. The summed E-state index contributed by atoms with van der Waals surface area (Å²) in [7, 11) is 0. The maximum atomic E-state index is 13.0. The van der Waals surface area contributed by atoms with Crippen LogP contribution in [0.2, 0.25) is 0 Å². The lowest BCUT2D eigenvalue weighted by Crippen LogP contribution is -2.47. The molecule has 0 aromatic heterocycles. The van der Waals surface area contributed by atoms with Gasteiger partial charge in [0.15, 0.2) is 0 Å². The lowest BCUT2D eigenvalue weighted by atomic mass is 9.79. The maximum absolute atomic E-state index is 13.0. The summed E-state index contributed by atoms with van der Waals surface area (Å²) in [6.45, 7) is 9.63. The van der Waals surface area contributed by atoms with Gasteiger partial charge in [-0.2, -0.15) is 0 Å². The van der Waals surface area contributed by atoms with Gasteiger partial charge in [0.2, 0.25) is 5.91 Å². The van der Waals surface area contributed by atoms with Gasteiger partial charge in [-0.25, -0.2) is 0 Å². The van der Waals surface area contributed by atoms with E-state index in [-0.39, 0.29) is 31.1 Å². The summed E-state index contributed by atoms with van der Waals surface area (Å²) in [6.07, 6.45) is 28.2. The SMILES string of the molecule is CCCCCCCCCCCC(=O)OCC1(COC(=O)CCCCCCCCCCC)CCN(C(=O)CCCN2CCCC2)CC1. The number of rotatable bonds is 28. The molecule has 2 aliphatic rings. The normalized spacial score (nSPS) is 16.5. The van der Waals surface area contributed by atoms with Crippen molar-refractivity contribution < 1.29 is 23.9 Å². The second-order valence-electron chi connectivity index (χ2n) is 14.5. The van der Waals surface area contributed by atoms with Crippen molar-refractivity contribution in [3.63, 3.8) is 0 Å². The Morgan fingerprint density at radius 1 is 0.522 bits per heavy atom. The fourth-order valence-electron chi connectivity index (χ4n) is 6.95. The van der Waals surface area contributed by atoms with Crippen LogP contribution in [0.1, 0.15) is 181 Å². The highest BCUT2D eigenvalue weighted by atomic mass is 16.5. The van der Waals surface area contributed by atoms with Gasteiger partial charge in [0, 0.05) is 37.8 Å². The summed E-state index contributed by atoms with van der Waals surface area (Å²) >= 11 is 0. The number of hydrogen-bond donors (Lipinski definition) is 0. The molecule has 0 spiro atoms. The quantitative estimate of drug-likeness (QED) is 0.0622. The molecule has 0 aliphatic carbocycles. The van der Waals surface area contributed by atoms with Gasteiger partial charge in [-0.15, -0.1) is 0 Å². The van der Waals surface area contributed by atoms with E-state index in [9.17, 15) is 14.4 Å². The predicted octanol–water partition coefficient (Wildman–Crippen LogP) is 9.40. The first-order valence-electron chi connectivity index (χ1n) is 19.8. The summed E-state index contributed by atoms with van der Waals surface area (Å²) < 4.78 is 11.7. The topological polar surface area (TPSA) is 76.1 Å². The van der Waals surface area contributed by atoms with E-state index < -0.39 is 5.41 Å². The molecule has 0 atom stereocenters. The first kappa shape index (κ1) is 40.5. The lowest BCUT2D eigenvalue weighted by molar-refractivity contribution is -0.158. The molecule has 2 aliphatic heterocycles. The van der Waals surface area contributed by atoms with Crippen molar-refractivity contribution in [1.29, 1.82) is 0 Å². The number of unbranched alkanes of at least 4 members (excludes halogenated alkanes) is 16. The molecular weight excluding hydrogens is 576 g/mol. The number of nitrogens with zero attached hydrogens (tertiary/aromatic N) is 2. The van der Waals surface area contributed by atoms with Gasteiger partial charge in [0.1, 0.15) is 13.2 Å². The number of likely N-dealkylation sites (tertiary alicyclic amines) is 2. The summed E-state index contributed by atoms with van der Waals surface area (Å²) in [5, 5.41) is 0. The van der Waals surface area contributed by atoms with Crippen LogP contribution in [0.4, 0.5) is 0 Å². The number of carbonyl (C=O) groups is 3. The number of ether oxygens (including phenoxy) is 2. The Morgan fingerprint density at radius 3 is 1.37 bits per heavy atom. The van der Waals surface area contributed by atoms with Gasteiger partial charge < -0.3 is 19.3 Å². The predicted molar refractivity (Wildman–Crippen MR) is 189 cm³/mol. The van der Waals surface area contributed by atoms with Crippen LogP contribution in [0.25, 0.3) is 0 Å². The molecule has 1 amide bonds. The smallest absolute Gasteiger partial charge is 0.305 e. The van der Waals surface area contributed by atoms with Gasteiger partial charge in [-0.3, -0.25) is 14.4 Å². The zero-order valence-corrected chi connectivity index (χ0v) is 30.3. The van der Waals surface area contributed by atoms with Crippen molar-refractivity contribution in [3.8, 4) is 0 Å². The molecule has 268 valence electrons. The molecule has 46 heavy (non-hydrogen) atoms. The fraction of sp³-hybridized carbons (Fsp3) is 0.923. The molecule has 2 rings (SSSR count). The Bertz CT molecular complexity index is 749. The molecule has 0 radical (unpaired) electrons. The molecule has 0 N–H and O–H groups in total. The summed E-state index contributed by atoms with van der Waals surface area (Å²) in [6, 6.07) is 0. The Kier molecular flexibility index (Phi) is 23.2. The van der Waals surface area contributed by atoms with E-state index in [2.05, 4.69) is 18.7 Å². The third-order valence-electron chi connectivity index (χ3n) is 10.3. The molecule has 7 nitrogen and oxygen atoms in total. The molecule has 0 aromatic carbocycles. The first-order valence-corrected chi connectivity index (χ1v) is 19.8. The highest BCUT2D eigenvalue weighted by Crippen LogP contribution is 2.33. The molecule has 7 heteroatoms. The standard InChI is InChI=1S/C39H72N2O5/c1-3-5-7-9-11-13-15-17-19-25-37(43)45-34-39(35-46-38(44)26-20-18-16-14-12-10-8-6-4-2)27-32-41(33-28-39)36(42)24-23-31-40-29-21-22-30-40/h3-35H2,1-2H3. The number of carbonyl (C=O) groups excluding carboxylic acids is 3. The van der Waals surface area contributed by atoms with Crippen LogP contribution < -0.4 is 0 Å². The number of hydrogen-bond acceptors (Lipinski definition) is 6. The third kappa shape index (κ3) is 19.3. The van der Waals surface area contributed by atoms with Gasteiger partial charge in [-0.05, 0) is 64.6 Å². The molecular formula is C39H72N2O5. The van der Waals surface area contributed by atoms with Crippen molar-refractivity contribution in [2.24, 2.45) is 5.41 Å². The van der Waals surface area contributed by atoms with Gasteiger partial charge in [-0.1, -0.05) is 117 Å². The molecule has 0 aromatic rings. The zero-order valence-electron chi connectivity index (χ0n) is 30.3. The number of amides is 1. The number of esters is 2. The second-order valence-corrected chi connectivity index (χ2v) is 14.5. The zero-order chi connectivity index (χ0) is 33.1. The van der Waals surface area contributed by atoms with Crippen molar-refractivity contribution in [1.82, 2.24) is 9.80 Å². The lowest BCUT2D eigenvalue weighted by Gasteiger charge is -2.41. The maximum Gasteiger partial charge on any atom is 0.305 e. The summed E-state index contributed by atoms with van der Waals surface area (Å²) in [5.41, 5.74) is -0.408. The molecule has 0 unspecified atom stereocenters. The minimum atomic E-state index is -0.408. The largest absolute Gasteiger partial charge is 0.465 e. The minimum absolute atomic E-state index is 0.149. The van der Waals surface area contributed by atoms with Crippen LogP contribution in [0.3, 0.4) is 0 Å². The molecule has 2 saturated heterocycles. The molecule has 2 heterocycles. The van der Waals surface area contributed by atoms with E-state index >= 15 is 0 Å². The van der Waals surface area contributed by atoms with E-state index in [1.165, 1.54) is 103 Å². The Balaban J connectivity index is 1.72. The third-order valence-corrected chi connectivity index (χ3v) is 10.3. The second kappa shape index (κ2) is 26.3. The average Bonchev–Trinajstić information content (AvgIpc) is 3.59. The van der Waals surface area contributed by atoms with Gasteiger partial charge in [0.25, 0.3) is 0 Å². The van der Waals surface area contributed by atoms with Crippen molar-refractivity contribution >= 4 is 17.8 Å². The van der Waals surface area contributed by atoms with E-state index in [0.717, 1.165) is 51.7 Å². The van der Waals surface area contributed by atoms with Crippen molar-refractivity contribution in [3.05, 3.63) is 0 Å². The Labute approximate surface area is 283 Å². The first-order chi connectivity index (χ1) is 22.5. The number of piperidine rings is 1. The van der Waals surface area contributed by atoms with Crippen LogP contribution in [0.5, 0.6) is 0 Å². The molecule has 0 saturated carbocycles. The van der Waals surface area contributed by atoms with E-state index in [1.807, 2.05) is 4.90 Å². The van der Waals surface area contributed by atoms with E-state index in [0.29, 0.717) is 45.2 Å². The Morgan fingerprint density at radius 2 is 0.935 bits per heavy atom. The minimum Gasteiger partial charge on any atom is -0.465 e. The van der Waals surface area contributed by atoms with Crippen LogP contribution in [-0.4, -0.2) is 73.6 Å². The monoisotopic (exact) mass is 649 g/mol. The molecule has 0 bridgehead atoms. The highest BCUT2D eigenvalue weighted by molar-refractivity contribution is 5.76. The van der Waals surface area contributed by atoms with Crippen molar-refractivity contribution in [2.75, 3.05) is 45.9 Å². The highest BCUT2D eigenvalue weighted by Gasteiger charge is 2.38. The summed E-state index contributed by atoms with van der Waals surface area (Å²) in [4.78, 5) is 42.7. The van der Waals surface area contributed by atoms with E-state index in [4.69, 9.17) is 9.47 Å². The van der Waals surface area contributed by atoms with Crippen LogP contribution in [-0.2, 0) is 23.9 Å². The van der Waals surface area contributed by atoms with Gasteiger partial charge >= 0.3 is 11.9 Å². The van der Waals surface area contributed by atoms with Crippen LogP contribution >= 0.6 is 0 Å². The van der Waals surface area contributed by atoms with Crippen LogP contribution in [0.15, 0.2) is 0 Å². The van der Waals surface area contributed by atoms with Crippen LogP contribution in [0, 0.1) is 5.41 Å². The van der Waals surface area contributed by atoms with E-state index in [1.54, 1.807) is 0 Å². The van der Waals surface area contributed by atoms with Gasteiger partial charge in [0.05, 0.1) is 0 Å². The fourth-order valence-corrected chi connectivity index (χ4v) is 6.95. The Hall–Kier alpha value is -1.63. The summed E-state index contributed by atoms with van der Waals surface area (Å²) in [5.74, 6) is -0.0787. The average molecular weight is 649 g/mol.